The monoisotopic (exact) mass is 261 g/mol. The number of aromatic nitrogens is 4. The molecule has 0 spiro atoms. The van der Waals surface area contributed by atoms with Gasteiger partial charge < -0.3 is 5.73 Å². The molecule has 0 amide bonds. The summed E-state index contributed by atoms with van der Waals surface area (Å²) in [4.78, 5) is 0. The van der Waals surface area contributed by atoms with Crippen LogP contribution in [0.1, 0.15) is 35.1 Å². The van der Waals surface area contributed by atoms with Gasteiger partial charge >= 0.3 is 0 Å². The molecule has 0 aliphatic rings. The molecule has 2 heterocycles. The highest BCUT2D eigenvalue weighted by Gasteiger charge is 2.19. The second-order valence-electron chi connectivity index (χ2n) is 4.96. The minimum Gasteiger partial charge on any atom is -0.330 e. The summed E-state index contributed by atoms with van der Waals surface area (Å²) in [6, 6.07) is 0. The minimum absolute atomic E-state index is 0.624. The smallest absolute Gasteiger partial charge is 0.155 e. The van der Waals surface area contributed by atoms with E-state index in [1.165, 1.54) is 16.8 Å². The first-order valence-electron chi connectivity index (χ1n) is 6.79. The van der Waals surface area contributed by atoms with Gasteiger partial charge in [-0.25, -0.2) is 4.68 Å². The molecule has 0 saturated heterocycles. The van der Waals surface area contributed by atoms with Crippen molar-refractivity contribution in [3.8, 4) is 5.82 Å². The van der Waals surface area contributed by atoms with Crippen molar-refractivity contribution in [1.82, 2.24) is 19.6 Å². The summed E-state index contributed by atoms with van der Waals surface area (Å²) in [5.74, 6) is 1.04. The molecule has 0 aromatic carbocycles. The minimum atomic E-state index is 0.624. The zero-order valence-corrected chi connectivity index (χ0v) is 12.5. The van der Waals surface area contributed by atoms with Crippen molar-refractivity contribution in [2.45, 2.75) is 40.5 Å². The predicted octanol–water partition coefficient (Wildman–Crippen LogP) is 1.59. The van der Waals surface area contributed by atoms with Crippen molar-refractivity contribution >= 4 is 0 Å². The normalized spacial score (nSPS) is 11.3. The van der Waals surface area contributed by atoms with Crippen LogP contribution in [-0.2, 0) is 19.9 Å². The Morgan fingerprint density at radius 2 is 1.68 bits per heavy atom. The van der Waals surface area contributed by atoms with Gasteiger partial charge in [0.05, 0.1) is 11.4 Å². The first-order valence-corrected chi connectivity index (χ1v) is 6.79. The van der Waals surface area contributed by atoms with Gasteiger partial charge in [-0.05, 0) is 45.7 Å². The summed E-state index contributed by atoms with van der Waals surface area (Å²) in [7, 11) is 1.96. The lowest BCUT2D eigenvalue weighted by molar-refractivity contribution is 0.678. The van der Waals surface area contributed by atoms with Crippen LogP contribution in [0.4, 0.5) is 0 Å². The molecule has 19 heavy (non-hydrogen) atoms. The van der Waals surface area contributed by atoms with Gasteiger partial charge in [0.15, 0.2) is 5.82 Å². The molecule has 0 saturated carbocycles. The predicted molar refractivity (Wildman–Crippen MR) is 76.7 cm³/mol. The lowest BCUT2D eigenvalue weighted by atomic mass is 10.1. The second kappa shape index (κ2) is 5.17. The van der Waals surface area contributed by atoms with Crippen LogP contribution in [0.2, 0.25) is 0 Å². The van der Waals surface area contributed by atoms with Crippen LogP contribution in [0.25, 0.3) is 5.82 Å². The average molecular weight is 261 g/mol. The van der Waals surface area contributed by atoms with Crippen molar-refractivity contribution < 1.29 is 0 Å². The van der Waals surface area contributed by atoms with E-state index in [1.54, 1.807) is 0 Å². The number of aryl methyl sites for hydroxylation is 3. The van der Waals surface area contributed by atoms with E-state index in [2.05, 4.69) is 31.0 Å². The molecule has 2 N–H and O–H groups in total. The third kappa shape index (κ3) is 2.18. The third-order valence-electron chi connectivity index (χ3n) is 3.70. The Labute approximate surface area is 114 Å². The van der Waals surface area contributed by atoms with E-state index >= 15 is 0 Å². The van der Waals surface area contributed by atoms with Gasteiger partial charge in [0.25, 0.3) is 0 Å². The van der Waals surface area contributed by atoms with Crippen LogP contribution in [0, 0.1) is 20.8 Å². The lowest BCUT2D eigenvalue weighted by Gasteiger charge is -2.08. The van der Waals surface area contributed by atoms with Crippen molar-refractivity contribution in [2.75, 3.05) is 6.54 Å². The van der Waals surface area contributed by atoms with Crippen LogP contribution in [-0.4, -0.2) is 26.1 Å². The molecular weight excluding hydrogens is 238 g/mol. The molecule has 0 radical (unpaired) electrons. The van der Waals surface area contributed by atoms with Crippen molar-refractivity contribution in [1.29, 1.82) is 0 Å². The molecule has 0 bridgehead atoms. The molecule has 0 aliphatic carbocycles. The molecule has 0 unspecified atom stereocenters. The first kappa shape index (κ1) is 13.8. The molecule has 0 atom stereocenters. The first-order chi connectivity index (χ1) is 9.01. The van der Waals surface area contributed by atoms with Gasteiger partial charge in [0.2, 0.25) is 0 Å². The summed E-state index contributed by atoms with van der Waals surface area (Å²) in [5.41, 5.74) is 11.6. The van der Waals surface area contributed by atoms with E-state index in [0.717, 1.165) is 30.0 Å². The highest BCUT2D eigenvalue weighted by atomic mass is 15.4. The summed E-state index contributed by atoms with van der Waals surface area (Å²) in [5, 5.41) is 9.20. The molecular formula is C14H23N5. The van der Waals surface area contributed by atoms with Crippen molar-refractivity contribution in [3.05, 3.63) is 28.2 Å². The summed E-state index contributed by atoms with van der Waals surface area (Å²) >= 11 is 0. The van der Waals surface area contributed by atoms with Crippen LogP contribution in [0.5, 0.6) is 0 Å². The van der Waals surface area contributed by atoms with Crippen LogP contribution in [0.15, 0.2) is 0 Å². The number of nitrogens with zero attached hydrogens (tertiary/aromatic N) is 4. The van der Waals surface area contributed by atoms with E-state index in [1.807, 2.05) is 23.3 Å². The Morgan fingerprint density at radius 3 is 2.21 bits per heavy atom. The Balaban J connectivity index is 2.65. The molecule has 2 aromatic rings. The number of nitrogens with two attached hydrogens (primary N) is 1. The van der Waals surface area contributed by atoms with Gasteiger partial charge in [-0.2, -0.15) is 10.2 Å². The molecule has 0 aliphatic heterocycles. The second-order valence-corrected chi connectivity index (χ2v) is 4.96. The standard InChI is InChI=1S/C14H23N5/c1-6-12-9(2)17-19(11(12)4)14-13(7-8-15)10(3)16-18(14)5/h6-8,15H2,1-5H3. The van der Waals surface area contributed by atoms with Crippen molar-refractivity contribution in [2.24, 2.45) is 12.8 Å². The van der Waals surface area contributed by atoms with E-state index < -0.39 is 0 Å². The maximum absolute atomic E-state index is 5.72. The SMILES string of the molecule is CCc1c(C)nn(-c2c(CCN)c(C)nn2C)c1C. The van der Waals surface area contributed by atoms with Gasteiger partial charge in [0, 0.05) is 18.3 Å². The Hall–Kier alpha value is -1.62. The number of rotatable bonds is 4. The van der Waals surface area contributed by atoms with Crippen LogP contribution < -0.4 is 5.73 Å². The van der Waals surface area contributed by atoms with E-state index in [0.29, 0.717) is 6.54 Å². The van der Waals surface area contributed by atoms with E-state index in [4.69, 9.17) is 5.73 Å². The Kier molecular flexibility index (Phi) is 3.75. The van der Waals surface area contributed by atoms with Crippen LogP contribution >= 0.6 is 0 Å². The number of hydrogen-bond donors (Lipinski definition) is 1. The zero-order valence-electron chi connectivity index (χ0n) is 12.5. The zero-order chi connectivity index (χ0) is 14.2. The Morgan fingerprint density at radius 1 is 1.05 bits per heavy atom. The highest BCUT2D eigenvalue weighted by Crippen LogP contribution is 2.23. The molecule has 104 valence electrons. The van der Waals surface area contributed by atoms with Gasteiger partial charge in [0.1, 0.15) is 0 Å². The quantitative estimate of drug-likeness (QED) is 0.909. The van der Waals surface area contributed by atoms with Gasteiger partial charge in [-0.15, -0.1) is 0 Å². The molecule has 2 rings (SSSR count). The fourth-order valence-electron chi connectivity index (χ4n) is 2.78. The molecule has 5 heteroatoms. The largest absolute Gasteiger partial charge is 0.330 e. The molecule has 2 aromatic heterocycles. The number of hydrogen-bond acceptors (Lipinski definition) is 3. The maximum Gasteiger partial charge on any atom is 0.155 e. The third-order valence-corrected chi connectivity index (χ3v) is 3.70. The molecule has 0 fully saturated rings. The van der Waals surface area contributed by atoms with Gasteiger partial charge in [-0.3, -0.25) is 4.68 Å². The van der Waals surface area contributed by atoms with Gasteiger partial charge in [-0.1, -0.05) is 6.92 Å². The average Bonchev–Trinajstić information content (AvgIpc) is 2.78. The van der Waals surface area contributed by atoms with Crippen LogP contribution in [0.3, 0.4) is 0 Å². The topological polar surface area (TPSA) is 61.7 Å². The maximum atomic E-state index is 5.72. The summed E-state index contributed by atoms with van der Waals surface area (Å²) in [6.07, 6.45) is 1.83. The Bertz CT molecular complexity index is 591. The highest BCUT2D eigenvalue weighted by molar-refractivity contribution is 5.41. The van der Waals surface area contributed by atoms with E-state index in [9.17, 15) is 0 Å². The van der Waals surface area contributed by atoms with E-state index in [-0.39, 0.29) is 0 Å². The summed E-state index contributed by atoms with van der Waals surface area (Å²) in [6.45, 7) is 9.00. The molecule has 5 nitrogen and oxygen atoms in total. The fourth-order valence-corrected chi connectivity index (χ4v) is 2.78. The fraction of sp³-hybridized carbons (Fsp3) is 0.571. The summed E-state index contributed by atoms with van der Waals surface area (Å²) < 4.78 is 3.92. The van der Waals surface area contributed by atoms with Crippen molar-refractivity contribution in [3.63, 3.8) is 0 Å². The lowest BCUT2D eigenvalue weighted by Crippen LogP contribution is -2.11.